The minimum atomic E-state index is 0.947. The van der Waals surface area contributed by atoms with E-state index in [2.05, 4.69) is 255 Å². The van der Waals surface area contributed by atoms with Crippen LogP contribution in [0.1, 0.15) is 0 Å². The van der Waals surface area contributed by atoms with Crippen molar-refractivity contribution in [2.75, 3.05) is 0 Å². The first-order valence-electron chi connectivity index (χ1n) is 22.7. The lowest BCUT2D eigenvalue weighted by Crippen LogP contribution is -1.92. The predicted molar refractivity (Wildman–Crippen MR) is 280 cm³/mol. The Morgan fingerprint density at radius 1 is 0.182 bits per heavy atom. The first kappa shape index (κ1) is 39.0. The molecule has 1 nitrogen and oxygen atoms in total. The Morgan fingerprint density at radius 2 is 0.500 bits per heavy atom. The average Bonchev–Trinajstić information content (AvgIpc) is 3.41. The van der Waals surface area contributed by atoms with Crippen LogP contribution in [0.15, 0.2) is 261 Å². The minimum absolute atomic E-state index is 0.947. The van der Waals surface area contributed by atoms with E-state index < -0.39 is 0 Å². The summed E-state index contributed by atoms with van der Waals surface area (Å²) in [5, 5.41) is 7.67. The second kappa shape index (κ2) is 16.8. The zero-order valence-corrected chi connectivity index (χ0v) is 36.3. The average molecular weight is 838 g/mol. The monoisotopic (exact) mass is 837 g/mol. The molecule has 0 aliphatic carbocycles. The van der Waals surface area contributed by atoms with Gasteiger partial charge in [-0.15, -0.1) is 0 Å². The van der Waals surface area contributed by atoms with Gasteiger partial charge in [0, 0.05) is 11.8 Å². The molecule has 0 N–H and O–H groups in total. The van der Waals surface area contributed by atoms with Crippen LogP contribution >= 0.6 is 0 Å². The maximum absolute atomic E-state index is 4.89. The van der Waals surface area contributed by atoms with E-state index in [1.807, 2.05) is 6.20 Å². The molecular formula is C65H43N. The van der Waals surface area contributed by atoms with Gasteiger partial charge in [0.2, 0.25) is 0 Å². The lowest BCUT2D eigenvalue weighted by atomic mass is 9.86. The van der Waals surface area contributed by atoms with Crippen molar-refractivity contribution in [3.63, 3.8) is 0 Å². The number of pyridine rings is 1. The van der Waals surface area contributed by atoms with Gasteiger partial charge in [-0.25, -0.2) is 0 Å². The van der Waals surface area contributed by atoms with Crippen LogP contribution in [0.5, 0.6) is 0 Å². The summed E-state index contributed by atoms with van der Waals surface area (Å²) in [5.41, 5.74) is 18.6. The number of rotatable bonds is 8. The summed E-state index contributed by atoms with van der Waals surface area (Å²) in [6.07, 6.45) is 1.94. The van der Waals surface area contributed by atoms with Gasteiger partial charge in [0.1, 0.15) is 0 Å². The summed E-state index contributed by atoms with van der Waals surface area (Å²) in [5.74, 6) is 0. The molecule has 12 rings (SSSR count). The van der Waals surface area contributed by atoms with Gasteiger partial charge in [-0.2, -0.15) is 0 Å². The Labute approximate surface area is 385 Å². The van der Waals surface area contributed by atoms with Crippen molar-refractivity contribution in [1.29, 1.82) is 0 Å². The molecule has 66 heavy (non-hydrogen) atoms. The van der Waals surface area contributed by atoms with Crippen molar-refractivity contribution in [3.05, 3.63) is 261 Å². The molecule has 0 atom stereocenters. The first-order valence-corrected chi connectivity index (χ1v) is 22.7. The van der Waals surface area contributed by atoms with Crippen LogP contribution in [0.3, 0.4) is 0 Å². The van der Waals surface area contributed by atoms with Crippen molar-refractivity contribution in [3.8, 4) is 89.1 Å². The molecule has 1 heteroatoms. The standard InChI is InChI=1S/C65H43N/c1-3-17-44(18-4-1)53-21-7-10-24-56(53)50-39-51(57-25-11-8-22-54(57)45-19-5-2-6-20-45)41-52(40-50)58-26-12-9-23-55(58)46-31-33-47(34-32-46)65-43-49(37-38-66-65)48-35-36-63-61-29-14-13-27-59(61)60-28-15-16-30-62(60)64(63)42-48/h1-43H. The molecule has 0 unspecified atom stereocenters. The first-order chi connectivity index (χ1) is 32.7. The largest absolute Gasteiger partial charge is 0.256 e. The van der Waals surface area contributed by atoms with Crippen LogP contribution in [-0.4, -0.2) is 4.98 Å². The Kier molecular flexibility index (Phi) is 9.93. The fourth-order valence-corrected chi connectivity index (χ4v) is 9.96. The fraction of sp³-hybridized carbons (Fsp3) is 0. The number of hydrogen-bond donors (Lipinski definition) is 0. The number of fused-ring (bicyclic) bond motifs is 6. The summed E-state index contributed by atoms with van der Waals surface area (Å²) in [7, 11) is 0. The highest BCUT2D eigenvalue weighted by molar-refractivity contribution is 6.25. The normalized spacial score (nSPS) is 11.3. The molecule has 308 valence electrons. The van der Waals surface area contributed by atoms with Crippen LogP contribution in [-0.2, 0) is 0 Å². The van der Waals surface area contributed by atoms with Gasteiger partial charge in [0.15, 0.2) is 0 Å². The Balaban J connectivity index is 0.940. The van der Waals surface area contributed by atoms with Crippen molar-refractivity contribution in [2.24, 2.45) is 0 Å². The second-order valence-electron chi connectivity index (χ2n) is 17.0. The Bertz CT molecular complexity index is 3600. The second-order valence-corrected chi connectivity index (χ2v) is 17.0. The number of aromatic nitrogens is 1. The van der Waals surface area contributed by atoms with Crippen LogP contribution < -0.4 is 0 Å². The van der Waals surface area contributed by atoms with E-state index in [9.17, 15) is 0 Å². The van der Waals surface area contributed by atoms with Gasteiger partial charge < -0.3 is 0 Å². The molecule has 0 radical (unpaired) electrons. The van der Waals surface area contributed by atoms with Gasteiger partial charge >= 0.3 is 0 Å². The molecule has 0 aliphatic heterocycles. The zero-order chi connectivity index (χ0) is 43.8. The molecular weight excluding hydrogens is 795 g/mol. The highest BCUT2D eigenvalue weighted by Gasteiger charge is 2.17. The van der Waals surface area contributed by atoms with Gasteiger partial charge in [-0.3, -0.25) is 4.98 Å². The molecule has 0 spiro atoms. The van der Waals surface area contributed by atoms with Crippen LogP contribution in [0.2, 0.25) is 0 Å². The molecule has 11 aromatic carbocycles. The van der Waals surface area contributed by atoms with Crippen molar-refractivity contribution < 1.29 is 0 Å². The third-order valence-corrected chi connectivity index (χ3v) is 13.1. The molecule has 1 aromatic heterocycles. The highest BCUT2D eigenvalue weighted by Crippen LogP contribution is 2.43. The molecule has 0 saturated carbocycles. The third kappa shape index (κ3) is 7.14. The highest BCUT2D eigenvalue weighted by atomic mass is 14.7. The van der Waals surface area contributed by atoms with Crippen molar-refractivity contribution >= 4 is 32.3 Å². The van der Waals surface area contributed by atoms with Crippen molar-refractivity contribution in [2.45, 2.75) is 0 Å². The molecule has 0 amide bonds. The maximum Gasteiger partial charge on any atom is 0.0708 e. The third-order valence-electron chi connectivity index (χ3n) is 13.1. The molecule has 0 aliphatic rings. The predicted octanol–water partition coefficient (Wildman–Crippen LogP) is 17.9. The van der Waals surface area contributed by atoms with Crippen molar-refractivity contribution in [1.82, 2.24) is 4.98 Å². The van der Waals surface area contributed by atoms with Crippen LogP contribution in [0, 0.1) is 0 Å². The van der Waals surface area contributed by atoms with E-state index in [1.54, 1.807) is 0 Å². The van der Waals surface area contributed by atoms with Crippen LogP contribution in [0.4, 0.5) is 0 Å². The van der Waals surface area contributed by atoms with E-state index in [4.69, 9.17) is 4.98 Å². The van der Waals surface area contributed by atoms with E-state index in [0.717, 1.165) is 22.4 Å². The van der Waals surface area contributed by atoms with Gasteiger partial charge in [0.05, 0.1) is 5.69 Å². The SMILES string of the molecule is c1ccc(-c2ccccc2-c2cc(-c3ccccc3-c3ccccc3)cc(-c3ccccc3-c3ccc(-c4cc(-c5ccc6c7ccccc7c7ccccc7c6c5)ccn4)cc3)c2)cc1. The lowest BCUT2D eigenvalue weighted by Gasteiger charge is -2.18. The number of hydrogen-bond acceptors (Lipinski definition) is 1. The number of benzene rings is 11. The van der Waals surface area contributed by atoms with Gasteiger partial charge in [-0.1, -0.05) is 218 Å². The van der Waals surface area contributed by atoms with Gasteiger partial charge in [0.25, 0.3) is 0 Å². The Morgan fingerprint density at radius 3 is 0.955 bits per heavy atom. The lowest BCUT2D eigenvalue weighted by molar-refractivity contribution is 1.33. The quantitative estimate of drug-likeness (QED) is 0.139. The topological polar surface area (TPSA) is 12.9 Å². The smallest absolute Gasteiger partial charge is 0.0708 e. The molecule has 1 heterocycles. The summed E-state index contributed by atoms with van der Waals surface area (Å²) in [4.78, 5) is 4.89. The molecule has 0 bridgehead atoms. The maximum atomic E-state index is 4.89. The molecule has 0 saturated heterocycles. The minimum Gasteiger partial charge on any atom is -0.256 e. The Hall–Kier alpha value is -8.65. The van der Waals surface area contributed by atoms with E-state index >= 15 is 0 Å². The van der Waals surface area contributed by atoms with E-state index in [1.165, 1.54) is 99.1 Å². The summed E-state index contributed by atoms with van der Waals surface area (Å²) in [6.45, 7) is 0. The van der Waals surface area contributed by atoms with E-state index in [0.29, 0.717) is 0 Å². The zero-order valence-electron chi connectivity index (χ0n) is 36.3. The van der Waals surface area contributed by atoms with Crippen LogP contribution in [0.25, 0.3) is 121 Å². The molecule has 12 aromatic rings. The summed E-state index contributed by atoms with van der Waals surface area (Å²) >= 11 is 0. The van der Waals surface area contributed by atoms with E-state index in [-0.39, 0.29) is 0 Å². The fourth-order valence-electron chi connectivity index (χ4n) is 9.96. The molecule has 0 fully saturated rings. The summed E-state index contributed by atoms with van der Waals surface area (Å²) < 4.78 is 0. The summed E-state index contributed by atoms with van der Waals surface area (Å²) in [6, 6.07) is 92.6. The van der Waals surface area contributed by atoms with Gasteiger partial charge in [-0.05, 0) is 147 Å². The number of nitrogens with zero attached hydrogens (tertiary/aromatic N) is 1.